The quantitative estimate of drug-likeness (QED) is 0.843. The smallest absolute Gasteiger partial charge is 0.271 e. The molecule has 1 fully saturated rings. The van der Waals surface area contributed by atoms with Crippen molar-refractivity contribution in [3.8, 4) is 0 Å². The van der Waals surface area contributed by atoms with Crippen LogP contribution in [0.15, 0.2) is 48.5 Å². The maximum atomic E-state index is 12.5. The predicted molar refractivity (Wildman–Crippen MR) is 94.1 cm³/mol. The normalized spacial score (nSPS) is 13.6. The third-order valence-electron chi connectivity index (χ3n) is 4.12. The topological polar surface area (TPSA) is 78.5 Å². The fraction of sp³-hybridized carbons (Fsp3) is 0.211. The van der Waals surface area contributed by atoms with E-state index in [0.29, 0.717) is 29.8 Å². The van der Waals surface area contributed by atoms with Crippen molar-refractivity contribution in [3.63, 3.8) is 0 Å². The van der Waals surface area contributed by atoms with Gasteiger partial charge in [-0.15, -0.1) is 0 Å². The number of amides is 3. The first-order valence-corrected chi connectivity index (χ1v) is 8.13. The molecule has 0 bridgehead atoms. The van der Waals surface area contributed by atoms with Gasteiger partial charge in [0.2, 0.25) is 5.91 Å². The summed E-state index contributed by atoms with van der Waals surface area (Å²) in [6.45, 7) is 2.53. The van der Waals surface area contributed by atoms with Crippen LogP contribution in [-0.4, -0.2) is 24.3 Å². The van der Waals surface area contributed by atoms with E-state index in [9.17, 15) is 14.4 Å². The second kappa shape index (κ2) is 7.17. The number of anilines is 1. The van der Waals surface area contributed by atoms with Crippen molar-refractivity contribution in [1.29, 1.82) is 0 Å². The molecule has 128 valence electrons. The number of carbonyl (C=O) groups is 3. The van der Waals surface area contributed by atoms with Gasteiger partial charge < -0.3 is 4.90 Å². The van der Waals surface area contributed by atoms with Crippen LogP contribution in [0.1, 0.15) is 39.1 Å². The summed E-state index contributed by atoms with van der Waals surface area (Å²) in [6.07, 6.45) is 1.26. The molecule has 6 nitrogen and oxygen atoms in total. The summed E-state index contributed by atoms with van der Waals surface area (Å²) in [7, 11) is 0. The van der Waals surface area contributed by atoms with Gasteiger partial charge in [0.25, 0.3) is 11.8 Å². The lowest BCUT2D eigenvalue weighted by molar-refractivity contribution is -0.117. The van der Waals surface area contributed by atoms with Crippen molar-refractivity contribution in [2.75, 3.05) is 11.4 Å². The van der Waals surface area contributed by atoms with Gasteiger partial charge in [-0.3, -0.25) is 25.2 Å². The van der Waals surface area contributed by atoms with Gasteiger partial charge >= 0.3 is 0 Å². The lowest BCUT2D eigenvalue weighted by Gasteiger charge is -2.19. The second-order valence-electron chi connectivity index (χ2n) is 5.94. The molecule has 1 heterocycles. The van der Waals surface area contributed by atoms with Crippen LogP contribution in [0.25, 0.3) is 0 Å². The maximum Gasteiger partial charge on any atom is 0.271 e. The molecule has 0 atom stereocenters. The molecule has 3 rings (SSSR count). The van der Waals surface area contributed by atoms with Crippen LogP contribution in [0.5, 0.6) is 0 Å². The van der Waals surface area contributed by atoms with Gasteiger partial charge in [0.1, 0.15) is 0 Å². The molecular weight excluding hydrogens is 318 g/mol. The molecule has 0 unspecified atom stereocenters. The fourth-order valence-electron chi connectivity index (χ4n) is 2.76. The van der Waals surface area contributed by atoms with Crippen molar-refractivity contribution < 1.29 is 14.4 Å². The fourth-order valence-corrected chi connectivity index (χ4v) is 2.76. The Kier molecular flexibility index (Phi) is 4.79. The summed E-state index contributed by atoms with van der Waals surface area (Å²) < 4.78 is 0. The molecule has 1 aliphatic rings. The van der Waals surface area contributed by atoms with Crippen molar-refractivity contribution in [2.24, 2.45) is 0 Å². The Bertz CT molecular complexity index is 815. The van der Waals surface area contributed by atoms with Crippen LogP contribution in [-0.2, 0) is 4.79 Å². The average molecular weight is 337 g/mol. The van der Waals surface area contributed by atoms with Gasteiger partial charge in [-0.25, -0.2) is 0 Å². The summed E-state index contributed by atoms with van der Waals surface area (Å²) in [6, 6.07) is 13.9. The van der Waals surface area contributed by atoms with Gasteiger partial charge in [-0.1, -0.05) is 29.8 Å². The van der Waals surface area contributed by atoms with Gasteiger partial charge in [0.15, 0.2) is 0 Å². The maximum absolute atomic E-state index is 12.5. The monoisotopic (exact) mass is 337 g/mol. The van der Waals surface area contributed by atoms with E-state index in [1.54, 1.807) is 41.3 Å². The Morgan fingerprint density at radius 3 is 2.32 bits per heavy atom. The number of hydrogen-bond acceptors (Lipinski definition) is 3. The number of aryl methyl sites for hydroxylation is 1. The second-order valence-corrected chi connectivity index (χ2v) is 5.94. The van der Waals surface area contributed by atoms with Crippen LogP contribution in [0.2, 0.25) is 0 Å². The molecule has 0 aliphatic carbocycles. The van der Waals surface area contributed by atoms with E-state index in [1.807, 2.05) is 19.1 Å². The van der Waals surface area contributed by atoms with E-state index >= 15 is 0 Å². The van der Waals surface area contributed by atoms with Gasteiger partial charge in [0.05, 0.1) is 11.3 Å². The Labute approximate surface area is 145 Å². The van der Waals surface area contributed by atoms with Crippen molar-refractivity contribution in [1.82, 2.24) is 10.9 Å². The third kappa shape index (κ3) is 3.68. The lowest BCUT2D eigenvalue weighted by Crippen LogP contribution is -2.42. The molecule has 6 heteroatoms. The van der Waals surface area contributed by atoms with E-state index in [-0.39, 0.29) is 5.91 Å². The van der Waals surface area contributed by atoms with Gasteiger partial charge in [0, 0.05) is 18.5 Å². The Morgan fingerprint density at radius 2 is 1.64 bits per heavy atom. The molecule has 2 aromatic carbocycles. The number of nitrogens with zero attached hydrogens (tertiary/aromatic N) is 1. The Morgan fingerprint density at radius 1 is 0.960 bits per heavy atom. The summed E-state index contributed by atoms with van der Waals surface area (Å²) in [4.78, 5) is 38.1. The van der Waals surface area contributed by atoms with Gasteiger partial charge in [-0.2, -0.15) is 0 Å². The number of para-hydroxylation sites is 1. The molecule has 2 N–H and O–H groups in total. The van der Waals surface area contributed by atoms with Crippen LogP contribution in [0.4, 0.5) is 5.69 Å². The molecule has 3 amide bonds. The molecule has 2 aromatic rings. The molecule has 1 aliphatic heterocycles. The van der Waals surface area contributed by atoms with Gasteiger partial charge in [-0.05, 0) is 37.6 Å². The average Bonchev–Trinajstić information content (AvgIpc) is 3.06. The molecule has 0 aromatic heterocycles. The summed E-state index contributed by atoms with van der Waals surface area (Å²) in [5.41, 5.74) is 7.23. The van der Waals surface area contributed by atoms with E-state index in [4.69, 9.17) is 0 Å². The molecule has 0 saturated carbocycles. The minimum Gasteiger partial charge on any atom is -0.312 e. The van der Waals surface area contributed by atoms with Crippen LogP contribution in [0.3, 0.4) is 0 Å². The lowest BCUT2D eigenvalue weighted by atomic mass is 10.1. The number of hydrogen-bond donors (Lipinski definition) is 2. The molecule has 0 spiro atoms. The van der Waals surface area contributed by atoms with Crippen molar-refractivity contribution >= 4 is 23.4 Å². The number of rotatable bonds is 3. The standard InChI is InChI=1S/C19H19N3O3/c1-13-8-10-14(11-9-13)18(24)20-21-19(25)15-5-2-3-6-16(15)22-12-4-7-17(22)23/h2-3,5-6,8-11H,4,7,12H2,1H3,(H,20,24)(H,21,25). The first kappa shape index (κ1) is 16.7. The largest absolute Gasteiger partial charge is 0.312 e. The number of hydrazine groups is 1. The van der Waals surface area contributed by atoms with Crippen molar-refractivity contribution in [3.05, 3.63) is 65.2 Å². The van der Waals surface area contributed by atoms with E-state index < -0.39 is 11.8 Å². The van der Waals surface area contributed by atoms with Crippen LogP contribution in [0, 0.1) is 6.92 Å². The summed E-state index contributed by atoms with van der Waals surface area (Å²) >= 11 is 0. The zero-order valence-corrected chi connectivity index (χ0v) is 13.9. The Balaban J connectivity index is 1.70. The summed E-state index contributed by atoms with van der Waals surface area (Å²) in [5, 5.41) is 0. The molecule has 0 radical (unpaired) electrons. The highest BCUT2D eigenvalue weighted by Crippen LogP contribution is 2.25. The zero-order chi connectivity index (χ0) is 17.8. The molecule has 25 heavy (non-hydrogen) atoms. The first-order valence-electron chi connectivity index (χ1n) is 8.13. The van der Waals surface area contributed by atoms with Crippen molar-refractivity contribution in [2.45, 2.75) is 19.8 Å². The summed E-state index contributed by atoms with van der Waals surface area (Å²) in [5.74, 6) is -0.859. The minimum atomic E-state index is -0.462. The molecular formula is C19H19N3O3. The minimum absolute atomic E-state index is 0.00365. The third-order valence-corrected chi connectivity index (χ3v) is 4.12. The first-order chi connectivity index (χ1) is 12.1. The number of carbonyl (C=O) groups excluding carboxylic acids is 3. The zero-order valence-electron chi connectivity index (χ0n) is 13.9. The van der Waals surface area contributed by atoms with Crippen LogP contribution < -0.4 is 15.8 Å². The Hall–Kier alpha value is -3.15. The highest BCUT2D eigenvalue weighted by atomic mass is 16.2. The van der Waals surface area contributed by atoms with E-state index in [2.05, 4.69) is 10.9 Å². The highest BCUT2D eigenvalue weighted by molar-refractivity contribution is 6.06. The van der Waals surface area contributed by atoms with Crippen LogP contribution >= 0.6 is 0 Å². The number of nitrogens with one attached hydrogen (secondary N) is 2. The highest BCUT2D eigenvalue weighted by Gasteiger charge is 2.25. The molecule has 1 saturated heterocycles. The SMILES string of the molecule is Cc1ccc(C(=O)NNC(=O)c2ccccc2N2CCCC2=O)cc1. The number of benzene rings is 2. The van der Waals surface area contributed by atoms with E-state index in [0.717, 1.165) is 12.0 Å². The predicted octanol–water partition coefficient (Wildman–Crippen LogP) is 2.20. The van der Waals surface area contributed by atoms with E-state index in [1.165, 1.54) is 0 Å².